The van der Waals surface area contributed by atoms with E-state index >= 15 is 0 Å². The third kappa shape index (κ3) is 3.79. The molecule has 6 heteroatoms. The predicted octanol–water partition coefficient (Wildman–Crippen LogP) is 2.83. The number of hydrogen-bond acceptors (Lipinski definition) is 5. The van der Waals surface area contributed by atoms with Gasteiger partial charge in [0.05, 0.1) is 6.10 Å². The van der Waals surface area contributed by atoms with E-state index < -0.39 is 0 Å². The van der Waals surface area contributed by atoms with Gasteiger partial charge in [0.1, 0.15) is 0 Å². The second-order valence-corrected chi connectivity index (χ2v) is 7.44. The topological polar surface area (TPSA) is 68.5 Å². The predicted molar refractivity (Wildman–Crippen MR) is 87.5 cm³/mol. The molecule has 6 nitrogen and oxygen atoms in total. The monoisotopic (exact) mass is 333 g/mol. The first-order chi connectivity index (χ1) is 11.8. The molecule has 1 amide bonds. The van der Waals surface area contributed by atoms with Gasteiger partial charge in [-0.2, -0.15) is 4.98 Å². The summed E-state index contributed by atoms with van der Waals surface area (Å²) in [5, 5.41) is 4.03. The highest BCUT2D eigenvalue weighted by atomic mass is 16.5. The van der Waals surface area contributed by atoms with Crippen molar-refractivity contribution in [2.45, 2.75) is 82.3 Å². The summed E-state index contributed by atoms with van der Waals surface area (Å²) in [6.07, 6.45) is 10.5. The zero-order valence-corrected chi connectivity index (χ0v) is 14.3. The minimum absolute atomic E-state index is 0.212. The number of amides is 1. The van der Waals surface area contributed by atoms with E-state index in [2.05, 4.69) is 15.0 Å². The molecule has 4 rings (SSSR count). The summed E-state index contributed by atoms with van der Waals surface area (Å²) >= 11 is 0. The summed E-state index contributed by atoms with van der Waals surface area (Å²) in [7, 11) is 0. The molecule has 2 saturated carbocycles. The lowest BCUT2D eigenvalue weighted by molar-refractivity contribution is -0.135. The Balaban J connectivity index is 1.34. The SMILES string of the molecule is O=C(CCc1nc(C2CC2)no1)N(CC1CCCO1)C1CCCC1. The van der Waals surface area contributed by atoms with Crippen LogP contribution in [-0.4, -0.2) is 46.2 Å². The van der Waals surface area contributed by atoms with Gasteiger partial charge in [-0.3, -0.25) is 4.79 Å². The van der Waals surface area contributed by atoms with Crippen molar-refractivity contribution < 1.29 is 14.1 Å². The zero-order chi connectivity index (χ0) is 16.4. The van der Waals surface area contributed by atoms with Crippen molar-refractivity contribution in [3.05, 3.63) is 11.7 Å². The molecule has 132 valence electrons. The molecule has 0 aromatic carbocycles. The van der Waals surface area contributed by atoms with Crippen molar-refractivity contribution in [2.24, 2.45) is 0 Å². The third-order valence-electron chi connectivity index (χ3n) is 5.49. The minimum atomic E-state index is 0.212. The Labute approximate surface area is 142 Å². The second kappa shape index (κ2) is 7.21. The summed E-state index contributed by atoms with van der Waals surface area (Å²) in [6, 6.07) is 0.395. The lowest BCUT2D eigenvalue weighted by Gasteiger charge is -2.31. The Bertz CT molecular complexity index is 558. The number of carbonyl (C=O) groups is 1. The van der Waals surface area contributed by atoms with E-state index in [9.17, 15) is 4.79 Å². The van der Waals surface area contributed by atoms with Crippen molar-refractivity contribution in [1.29, 1.82) is 0 Å². The maximum atomic E-state index is 12.8. The Kier molecular flexibility index (Phi) is 4.83. The van der Waals surface area contributed by atoms with Crippen molar-refractivity contribution in [2.75, 3.05) is 13.2 Å². The number of carbonyl (C=O) groups excluding carboxylic acids is 1. The fourth-order valence-corrected chi connectivity index (χ4v) is 3.91. The standard InChI is InChI=1S/C18H27N3O3/c22-17(10-9-16-19-18(20-24-16)13-7-8-13)21(14-4-1-2-5-14)12-15-6-3-11-23-15/h13-15H,1-12H2. The molecule has 0 spiro atoms. The van der Waals surface area contributed by atoms with Gasteiger partial charge >= 0.3 is 0 Å². The summed E-state index contributed by atoms with van der Waals surface area (Å²) in [5.41, 5.74) is 0. The van der Waals surface area contributed by atoms with Gasteiger partial charge in [0, 0.05) is 38.0 Å². The van der Waals surface area contributed by atoms with Gasteiger partial charge in [-0.15, -0.1) is 0 Å². The van der Waals surface area contributed by atoms with E-state index in [0.717, 1.165) is 57.5 Å². The maximum absolute atomic E-state index is 12.8. The highest BCUT2D eigenvalue weighted by molar-refractivity contribution is 5.76. The van der Waals surface area contributed by atoms with E-state index in [0.29, 0.717) is 30.7 Å². The molecule has 2 aliphatic carbocycles. The number of hydrogen-bond donors (Lipinski definition) is 0. The van der Waals surface area contributed by atoms with Crippen LogP contribution in [0.5, 0.6) is 0 Å². The molecule has 1 aliphatic heterocycles. The highest BCUT2D eigenvalue weighted by Crippen LogP contribution is 2.38. The molecular formula is C18H27N3O3. The van der Waals surface area contributed by atoms with Gasteiger partial charge in [-0.05, 0) is 38.5 Å². The fourth-order valence-electron chi connectivity index (χ4n) is 3.91. The first kappa shape index (κ1) is 16.1. The smallest absolute Gasteiger partial charge is 0.227 e. The van der Waals surface area contributed by atoms with Crippen LogP contribution in [0, 0.1) is 0 Å². The van der Waals surface area contributed by atoms with E-state index in [-0.39, 0.29) is 12.0 Å². The molecule has 1 aromatic heterocycles. The fraction of sp³-hybridized carbons (Fsp3) is 0.833. The molecule has 1 aromatic rings. The van der Waals surface area contributed by atoms with Gasteiger partial charge in [-0.1, -0.05) is 18.0 Å². The average Bonchev–Trinajstić information content (AvgIpc) is 3.06. The average molecular weight is 333 g/mol. The lowest BCUT2D eigenvalue weighted by Crippen LogP contribution is -2.43. The molecular weight excluding hydrogens is 306 g/mol. The van der Waals surface area contributed by atoms with Crippen molar-refractivity contribution >= 4 is 5.91 Å². The molecule has 3 fully saturated rings. The molecule has 3 aliphatic rings. The van der Waals surface area contributed by atoms with Crippen molar-refractivity contribution in [1.82, 2.24) is 15.0 Å². The van der Waals surface area contributed by atoms with Gasteiger partial charge in [-0.25, -0.2) is 0 Å². The Morgan fingerprint density at radius 3 is 2.67 bits per heavy atom. The van der Waals surface area contributed by atoms with Crippen LogP contribution in [0.4, 0.5) is 0 Å². The normalized spacial score (nSPS) is 24.6. The first-order valence-corrected chi connectivity index (χ1v) is 9.53. The number of ether oxygens (including phenoxy) is 1. The van der Waals surface area contributed by atoms with E-state index in [1.54, 1.807) is 0 Å². The minimum Gasteiger partial charge on any atom is -0.376 e. The molecule has 0 N–H and O–H groups in total. The quantitative estimate of drug-likeness (QED) is 0.767. The van der Waals surface area contributed by atoms with E-state index in [4.69, 9.17) is 9.26 Å². The number of aromatic nitrogens is 2. The summed E-state index contributed by atoms with van der Waals surface area (Å²) in [4.78, 5) is 19.3. The van der Waals surface area contributed by atoms with E-state index in [1.165, 1.54) is 12.8 Å². The summed E-state index contributed by atoms with van der Waals surface area (Å²) < 4.78 is 11.1. The van der Waals surface area contributed by atoms with Crippen LogP contribution in [0.25, 0.3) is 0 Å². The van der Waals surface area contributed by atoms with Crippen LogP contribution >= 0.6 is 0 Å². The van der Waals surface area contributed by atoms with E-state index in [1.807, 2.05) is 0 Å². The Hall–Kier alpha value is -1.43. The number of nitrogens with zero attached hydrogens (tertiary/aromatic N) is 3. The van der Waals surface area contributed by atoms with Gasteiger partial charge in [0.15, 0.2) is 5.82 Å². The molecule has 1 saturated heterocycles. The molecule has 0 radical (unpaired) electrons. The van der Waals surface area contributed by atoms with Gasteiger partial charge < -0.3 is 14.2 Å². The summed E-state index contributed by atoms with van der Waals surface area (Å²) in [6.45, 7) is 1.59. The summed E-state index contributed by atoms with van der Waals surface area (Å²) in [5.74, 6) is 2.13. The molecule has 1 atom stereocenters. The number of rotatable bonds is 7. The van der Waals surface area contributed by atoms with Gasteiger partial charge in [0.25, 0.3) is 0 Å². The van der Waals surface area contributed by atoms with Crippen LogP contribution in [0.2, 0.25) is 0 Å². The van der Waals surface area contributed by atoms with Crippen LogP contribution in [0.3, 0.4) is 0 Å². The Morgan fingerprint density at radius 2 is 1.96 bits per heavy atom. The largest absolute Gasteiger partial charge is 0.376 e. The molecule has 1 unspecified atom stereocenters. The van der Waals surface area contributed by atoms with Gasteiger partial charge in [0.2, 0.25) is 11.8 Å². The third-order valence-corrected chi connectivity index (χ3v) is 5.49. The highest BCUT2D eigenvalue weighted by Gasteiger charge is 2.31. The lowest BCUT2D eigenvalue weighted by atomic mass is 10.1. The van der Waals surface area contributed by atoms with Crippen molar-refractivity contribution in [3.8, 4) is 0 Å². The van der Waals surface area contributed by atoms with Crippen LogP contribution in [0.15, 0.2) is 4.52 Å². The first-order valence-electron chi connectivity index (χ1n) is 9.53. The van der Waals surface area contributed by atoms with Crippen molar-refractivity contribution in [3.63, 3.8) is 0 Å². The maximum Gasteiger partial charge on any atom is 0.227 e. The van der Waals surface area contributed by atoms with Crippen LogP contribution in [-0.2, 0) is 16.0 Å². The Morgan fingerprint density at radius 1 is 1.12 bits per heavy atom. The zero-order valence-electron chi connectivity index (χ0n) is 14.3. The molecule has 0 bridgehead atoms. The molecule has 24 heavy (non-hydrogen) atoms. The second-order valence-electron chi connectivity index (χ2n) is 7.44. The number of aryl methyl sites for hydroxylation is 1. The molecule has 2 heterocycles. The van der Waals surface area contributed by atoms with Crippen LogP contribution < -0.4 is 0 Å². The van der Waals surface area contributed by atoms with Crippen LogP contribution in [0.1, 0.15) is 75.4 Å².